The summed E-state index contributed by atoms with van der Waals surface area (Å²) in [5.74, 6) is -0.984. The third kappa shape index (κ3) is 4.69. The lowest BCUT2D eigenvalue weighted by molar-refractivity contribution is -0.141. The Morgan fingerprint density at radius 2 is 2.18 bits per heavy atom. The van der Waals surface area contributed by atoms with Gasteiger partial charge in [0.1, 0.15) is 0 Å². The Balaban J connectivity index is 2.11. The van der Waals surface area contributed by atoms with Gasteiger partial charge in [-0.3, -0.25) is 9.59 Å². The van der Waals surface area contributed by atoms with Gasteiger partial charge in [0.25, 0.3) is 0 Å². The smallest absolute Gasteiger partial charge is 0.306 e. The first kappa shape index (κ1) is 13.9. The minimum Gasteiger partial charge on any atom is -0.481 e. The van der Waals surface area contributed by atoms with Gasteiger partial charge in [0.05, 0.1) is 12.0 Å². The van der Waals surface area contributed by atoms with Crippen molar-refractivity contribution in [2.24, 2.45) is 5.92 Å². The summed E-state index contributed by atoms with van der Waals surface area (Å²) in [5, 5.41) is 17.9. The molecule has 0 aromatic rings. The number of hydrogen-bond acceptors (Lipinski definition) is 3. The maximum absolute atomic E-state index is 11.3. The summed E-state index contributed by atoms with van der Waals surface area (Å²) in [6, 6.07) is 0. The van der Waals surface area contributed by atoms with Gasteiger partial charge in [-0.05, 0) is 30.9 Å². The second-order valence-electron chi connectivity index (χ2n) is 4.73. The van der Waals surface area contributed by atoms with Crippen molar-refractivity contribution in [2.45, 2.75) is 51.6 Å². The molecule has 0 aromatic carbocycles. The predicted molar refractivity (Wildman–Crippen MR) is 63.6 cm³/mol. The fourth-order valence-electron chi connectivity index (χ4n) is 1.99. The van der Waals surface area contributed by atoms with Crippen molar-refractivity contribution >= 4 is 11.8 Å². The number of unbranched alkanes of at least 4 members (excludes halogenated alkanes) is 2. The van der Waals surface area contributed by atoms with Crippen LogP contribution >= 0.6 is 0 Å². The van der Waals surface area contributed by atoms with Crippen LogP contribution in [0.3, 0.4) is 0 Å². The van der Waals surface area contributed by atoms with E-state index < -0.39 is 12.1 Å². The van der Waals surface area contributed by atoms with Crippen molar-refractivity contribution < 1.29 is 19.8 Å². The van der Waals surface area contributed by atoms with E-state index in [2.05, 4.69) is 0 Å². The highest BCUT2D eigenvalue weighted by molar-refractivity contribution is 5.98. The molecular weight excluding hydrogens is 220 g/mol. The monoisotopic (exact) mass is 240 g/mol. The molecule has 2 atom stereocenters. The molecule has 1 aliphatic rings. The summed E-state index contributed by atoms with van der Waals surface area (Å²) in [6.45, 7) is 1.71. The second-order valence-corrected chi connectivity index (χ2v) is 4.73. The zero-order valence-electron chi connectivity index (χ0n) is 10.2. The van der Waals surface area contributed by atoms with Gasteiger partial charge in [-0.2, -0.15) is 0 Å². The average molecular weight is 240 g/mol. The van der Waals surface area contributed by atoms with Crippen molar-refractivity contribution in [2.75, 3.05) is 0 Å². The number of aliphatic hydroxyl groups is 1. The van der Waals surface area contributed by atoms with Crippen LogP contribution < -0.4 is 0 Å². The Hall–Kier alpha value is -1.16. The molecule has 2 unspecified atom stereocenters. The van der Waals surface area contributed by atoms with Crippen LogP contribution in [0.2, 0.25) is 0 Å². The summed E-state index contributed by atoms with van der Waals surface area (Å²) in [6.07, 6.45) is 5.35. The molecule has 0 bridgehead atoms. The van der Waals surface area contributed by atoms with Gasteiger partial charge in [0.15, 0.2) is 5.78 Å². The van der Waals surface area contributed by atoms with Gasteiger partial charge in [-0.1, -0.05) is 19.8 Å². The van der Waals surface area contributed by atoms with Gasteiger partial charge in [0, 0.05) is 6.42 Å². The highest BCUT2D eigenvalue weighted by Crippen LogP contribution is 2.21. The van der Waals surface area contributed by atoms with E-state index in [1.165, 1.54) is 0 Å². The predicted octanol–water partition coefficient (Wildman–Crippen LogP) is 1.92. The van der Waals surface area contributed by atoms with Crippen molar-refractivity contribution in [3.8, 4) is 0 Å². The standard InChI is InChI=1S/C13H20O4/c1-9(13(16)17)5-3-2-4-6-10-7-11(14)8-12(10)15/h7,9,11,14H,2-6,8H2,1H3,(H,16,17). The molecule has 0 radical (unpaired) electrons. The van der Waals surface area contributed by atoms with Gasteiger partial charge >= 0.3 is 5.97 Å². The topological polar surface area (TPSA) is 74.6 Å². The Morgan fingerprint density at radius 1 is 1.47 bits per heavy atom. The highest BCUT2D eigenvalue weighted by atomic mass is 16.4. The Morgan fingerprint density at radius 3 is 2.71 bits per heavy atom. The molecule has 0 fully saturated rings. The van der Waals surface area contributed by atoms with Crippen LogP contribution in [0.1, 0.15) is 45.4 Å². The van der Waals surface area contributed by atoms with Crippen LogP contribution in [0.5, 0.6) is 0 Å². The first-order valence-corrected chi connectivity index (χ1v) is 6.15. The summed E-state index contributed by atoms with van der Waals surface area (Å²) < 4.78 is 0. The lowest BCUT2D eigenvalue weighted by Crippen LogP contribution is -2.08. The summed E-state index contributed by atoms with van der Waals surface area (Å²) in [7, 11) is 0. The van der Waals surface area contributed by atoms with E-state index in [0.29, 0.717) is 12.8 Å². The van der Waals surface area contributed by atoms with Crippen molar-refractivity contribution in [1.82, 2.24) is 0 Å². The van der Waals surface area contributed by atoms with Gasteiger partial charge in [-0.15, -0.1) is 0 Å². The van der Waals surface area contributed by atoms with E-state index >= 15 is 0 Å². The number of Topliss-reactive ketones (excluding diaryl/α,β-unsaturated/α-hetero) is 1. The van der Waals surface area contributed by atoms with Gasteiger partial charge in [-0.25, -0.2) is 0 Å². The van der Waals surface area contributed by atoms with E-state index in [-0.39, 0.29) is 18.1 Å². The number of carboxylic acids is 1. The molecule has 0 saturated heterocycles. The molecule has 17 heavy (non-hydrogen) atoms. The van der Waals surface area contributed by atoms with Crippen LogP contribution in [0.4, 0.5) is 0 Å². The molecule has 4 heteroatoms. The van der Waals surface area contributed by atoms with Crippen LogP contribution in [0.15, 0.2) is 11.6 Å². The molecular formula is C13H20O4. The fraction of sp³-hybridized carbons (Fsp3) is 0.692. The number of carbonyl (C=O) groups is 2. The number of ketones is 1. The number of aliphatic carboxylic acids is 1. The van der Waals surface area contributed by atoms with Crippen LogP contribution in [-0.4, -0.2) is 28.1 Å². The quantitative estimate of drug-likeness (QED) is 0.667. The number of carbonyl (C=O) groups excluding carboxylic acids is 1. The molecule has 96 valence electrons. The number of allylic oxidation sites excluding steroid dienone is 1. The molecule has 4 nitrogen and oxygen atoms in total. The number of rotatable bonds is 7. The number of aliphatic hydroxyl groups excluding tert-OH is 1. The molecule has 0 aliphatic heterocycles. The first-order chi connectivity index (χ1) is 8.00. The zero-order valence-corrected chi connectivity index (χ0v) is 10.2. The maximum Gasteiger partial charge on any atom is 0.306 e. The van der Waals surface area contributed by atoms with Crippen LogP contribution in [0.25, 0.3) is 0 Å². The van der Waals surface area contributed by atoms with E-state index in [1.807, 2.05) is 0 Å². The molecule has 0 heterocycles. The lowest BCUT2D eigenvalue weighted by atomic mass is 10.0. The first-order valence-electron chi connectivity index (χ1n) is 6.15. The zero-order chi connectivity index (χ0) is 12.8. The summed E-state index contributed by atoms with van der Waals surface area (Å²) >= 11 is 0. The molecule has 2 N–H and O–H groups in total. The minimum absolute atomic E-state index is 0.0522. The molecule has 0 spiro atoms. The number of hydrogen-bond donors (Lipinski definition) is 2. The molecule has 1 aliphatic carbocycles. The Bertz CT molecular complexity index is 319. The van der Waals surface area contributed by atoms with E-state index in [9.17, 15) is 14.7 Å². The van der Waals surface area contributed by atoms with Crippen LogP contribution in [-0.2, 0) is 9.59 Å². The normalized spacial score (nSPS) is 21.4. The maximum atomic E-state index is 11.3. The van der Waals surface area contributed by atoms with Gasteiger partial charge in [0.2, 0.25) is 0 Å². The Kier molecular flexibility index (Phi) is 5.35. The SMILES string of the molecule is CC(CCCCCC1=CC(O)CC1=O)C(=O)O. The van der Waals surface area contributed by atoms with E-state index in [4.69, 9.17) is 5.11 Å². The molecule has 1 rings (SSSR count). The molecule has 0 aromatic heterocycles. The third-order valence-electron chi connectivity index (χ3n) is 3.15. The van der Waals surface area contributed by atoms with E-state index in [0.717, 1.165) is 24.8 Å². The molecule has 0 amide bonds. The largest absolute Gasteiger partial charge is 0.481 e. The van der Waals surface area contributed by atoms with Gasteiger partial charge < -0.3 is 10.2 Å². The van der Waals surface area contributed by atoms with Crippen molar-refractivity contribution in [3.05, 3.63) is 11.6 Å². The summed E-state index contributed by atoms with van der Waals surface area (Å²) in [5.41, 5.74) is 0.740. The third-order valence-corrected chi connectivity index (χ3v) is 3.15. The summed E-state index contributed by atoms with van der Waals surface area (Å²) in [4.78, 5) is 21.9. The van der Waals surface area contributed by atoms with E-state index in [1.54, 1.807) is 13.0 Å². The highest BCUT2D eigenvalue weighted by Gasteiger charge is 2.21. The Labute approximate surface area is 101 Å². The van der Waals surface area contributed by atoms with Crippen molar-refractivity contribution in [1.29, 1.82) is 0 Å². The second kappa shape index (κ2) is 6.55. The molecule has 0 saturated carbocycles. The average Bonchev–Trinajstić information content (AvgIpc) is 2.56. The fourth-order valence-corrected chi connectivity index (χ4v) is 1.99. The van der Waals surface area contributed by atoms with Crippen LogP contribution in [0, 0.1) is 5.92 Å². The minimum atomic E-state index is -0.748. The lowest BCUT2D eigenvalue weighted by Gasteiger charge is -2.05. The van der Waals surface area contributed by atoms with Crippen molar-refractivity contribution in [3.63, 3.8) is 0 Å². The number of carboxylic acid groups (broad SMARTS) is 1.